The molecule has 1 aromatic heterocycles. The van der Waals surface area contributed by atoms with Crippen molar-refractivity contribution in [3.05, 3.63) is 28.1 Å². The third-order valence-corrected chi connectivity index (χ3v) is 2.44. The Kier molecular flexibility index (Phi) is 2.77. The molecule has 0 unspecified atom stereocenters. The molecule has 1 aromatic rings. The van der Waals surface area contributed by atoms with Gasteiger partial charge < -0.3 is 4.74 Å². The van der Waals surface area contributed by atoms with Crippen molar-refractivity contribution in [2.24, 2.45) is 0 Å². The van der Waals surface area contributed by atoms with E-state index in [0.29, 0.717) is 5.75 Å². The van der Waals surface area contributed by atoms with E-state index >= 15 is 0 Å². The number of hydrogen-bond donors (Lipinski definition) is 0. The number of nitro groups is 1. The molecule has 1 heterocycles. The molecular formula is C11H14N2O3. The number of ether oxygens (including phenoxy) is 1. The maximum absolute atomic E-state index is 10.6. The van der Waals surface area contributed by atoms with E-state index in [9.17, 15) is 10.1 Å². The molecule has 0 bridgehead atoms. The summed E-state index contributed by atoms with van der Waals surface area (Å²) in [6.45, 7) is 3.99. The summed E-state index contributed by atoms with van der Waals surface area (Å²) in [5, 5.41) is 10.6. The van der Waals surface area contributed by atoms with Crippen LogP contribution in [-0.2, 0) is 0 Å². The minimum atomic E-state index is -0.448. The molecule has 0 aromatic carbocycles. The second kappa shape index (κ2) is 4.08. The van der Waals surface area contributed by atoms with Crippen LogP contribution in [-0.4, -0.2) is 16.0 Å². The SMILES string of the molecule is CC(C)c1ncc([N+](=O)[O-])cc1OC1CC1. The Morgan fingerprint density at radius 1 is 1.56 bits per heavy atom. The van der Waals surface area contributed by atoms with Gasteiger partial charge in [-0.2, -0.15) is 0 Å². The van der Waals surface area contributed by atoms with E-state index < -0.39 is 4.92 Å². The molecule has 1 saturated carbocycles. The molecule has 0 spiro atoms. The minimum absolute atomic E-state index is 0.0138. The second-order valence-corrected chi connectivity index (χ2v) is 4.31. The summed E-state index contributed by atoms with van der Waals surface area (Å²) in [6, 6.07) is 1.47. The minimum Gasteiger partial charge on any atom is -0.488 e. The molecule has 16 heavy (non-hydrogen) atoms. The predicted octanol–water partition coefficient (Wildman–Crippen LogP) is 2.65. The maximum Gasteiger partial charge on any atom is 0.291 e. The molecular weight excluding hydrogens is 208 g/mol. The highest BCUT2D eigenvalue weighted by Crippen LogP contribution is 2.33. The molecule has 0 radical (unpaired) electrons. The van der Waals surface area contributed by atoms with Gasteiger partial charge in [0.25, 0.3) is 5.69 Å². The number of nitrogens with zero attached hydrogens (tertiary/aromatic N) is 2. The van der Waals surface area contributed by atoms with Crippen LogP contribution in [0.25, 0.3) is 0 Å². The summed E-state index contributed by atoms with van der Waals surface area (Å²) < 4.78 is 5.64. The molecule has 0 amide bonds. The third-order valence-electron chi connectivity index (χ3n) is 2.44. The highest BCUT2D eigenvalue weighted by Gasteiger charge is 2.26. The second-order valence-electron chi connectivity index (χ2n) is 4.31. The van der Waals surface area contributed by atoms with E-state index in [-0.39, 0.29) is 17.7 Å². The summed E-state index contributed by atoms with van der Waals surface area (Å²) >= 11 is 0. The lowest BCUT2D eigenvalue weighted by atomic mass is 10.1. The average Bonchev–Trinajstić information content (AvgIpc) is 3.01. The number of pyridine rings is 1. The molecule has 0 atom stereocenters. The smallest absolute Gasteiger partial charge is 0.291 e. The molecule has 5 nitrogen and oxygen atoms in total. The first kappa shape index (κ1) is 10.9. The molecule has 0 saturated heterocycles. The van der Waals surface area contributed by atoms with Gasteiger partial charge in [-0.1, -0.05) is 13.8 Å². The lowest BCUT2D eigenvalue weighted by molar-refractivity contribution is -0.385. The lowest BCUT2D eigenvalue weighted by Gasteiger charge is -2.11. The standard InChI is InChI=1S/C11H14N2O3/c1-7(2)11-10(16-9-3-4-9)5-8(6-12-11)13(14)15/h5-7,9H,3-4H2,1-2H3. The van der Waals surface area contributed by atoms with Gasteiger partial charge in [0, 0.05) is 0 Å². The van der Waals surface area contributed by atoms with Crippen LogP contribution in [0.2, 0.25) is 0 Å². The number of hydrogen-bond acceptors (Lipinski definition) is 4. The van der Waals surface area contributed by atoms with Gasteiger partial charge in [0.1, 0.15) is 11.9 Å². The van der Waals surface area contributed by atoms with Crippen molar-refractivity contribution >= 4 is 5.69 Å². The normalized spacial score (nSPS) is 15.2. The van der Waals surface area contributed by atoms with Crippen LogP contribution in [0.15, 0.2) is 12.3 Å². The van der Waals surface area contributed by atoms with Crippen molar-refractivity contribution in [2.45, 2.75) is 38.7 Å². The van der Waals surface area contributed by atoms with Crippen LogP contribution >= 0.6 is 0 Å². The molecule has 0 N–H and O–H groups in total. The van der Waals surface area contributed by atoms with Gasteiger partial charge >= 0.3 is 0 Å². The zero-order valence-electron chi connectivity index (χ0n) is 9.34. The van der Waals surface area contributed by atoms with Crippen LogP contribution in [0, 0.1) is 10.1 Å². The molecule has 0 aliphatic heterocycles. The van der Waals surface area contributed by atoms with Gasteiger partial charge in [-0.3, -0.25) is 10.1 Å². The number of rotatable bonds is 4. The number of aromatic nitrogens is 1. The van der Waals surface area contributed by atoms with Crippen molar-refractivity contribution in [1.82, 2.24) is 4.98 Å². The Balaban J connectivity index is 2.33. The Bertz CT molecular complexity index is 414. The first-order valence-corrected chi connectivity index (χ1v) is 5.39. The quantitative estimate of drug-likeness (QED) is 0.580. The Labute approximate surface area is 93.6 Å². The molecule has 2 rings (SSSR count). The fourth-order valence-corrected chi connectivity index (χ4v) is 1.44. The van der Waals surface area contributed by atoms with Crippen molar-refractivity contribution in [3.8, 4) is 5.75 Å². The fourth-order valence-electron chi connectivity index (χ4n) is 1.44. The maximum atomic E-state index is 10.6. The summed E-state index contributed by atoms with van der Waals surface area (Å²) in [5.74, 6) is 0.765. The fraction of sp³-hybridized carbons (Fsp3) is 0.545. The van der Waals surface area contributed by atoms with E-state index in [0.717, 1.165) is 18.5 Å². The molecule has 1 aliphatic carbocycles. The van der Waals surface area contributed by atoms with Crippen LogP contribution in [0.4, 0.5) is 5.69 Å². The summed E-state index contributed by atoms with van der Waals surface area (Å²) in [4.78, 5) is 14.3. The van der Waals surface area contributed by atoms with E-state index in [2.05, 4.69) is 4.98 Å². The van der Waals surface area contributed by atoms with Gasteiger partial charge in [-0.15, -0.1) is 0 Å². The van der Waals surface area contributed by atoms with E-state index in [1.54, 1.807) is 0 Å². The predicted molar refractivity (Wildman–Crippen MR) is 58.6 cm³/mol. The Hall–Kier alpha value is -1.65. The van der Waals surface area contributed by atoms with Gasteiger partial charge in [0.15, 0.2) is 0 Å². The largest absolute Gasteiger partial charge is 0.488 e. The van der Waals surface area contributed by atoms with Crippen LogP contribution < -0.4 is 4.74 Å². The third kappa shape index (κ3) is 2.29. The first-order valence-electron chi connectivity index (χ1n) is 5.39. The molecule has 1 aliphatic rings. The Morgan fingerprint density at radius 2 is 2.25 bits per heavy atom. The van der Waals surface area contributed by atoms with Crippen molar-refractivity contribution in [2.75, 3.05) is 0 Å². The van der Waals surface area contributed by atoms with Crippen molar-refractivity contribution in [1.29, 1.82) is 0 Å². The average molecular weight is 222 g/mol. The molecule has 86 valence electrons. The summed E-state index contributed by atoms with van der Waals surface area (Å²) in [6.07, 6.45) is 3.57. The van der Waals surface area contributed by atoms with E-state index in [4.69, 9.17) is 4.74 Å². The zero-order valence-corrected chi connectivity index (χ0v) is 9.34. The van der Waals surface area contributed by atoms with Gasteiger partial charge in [-0.25, -0.2) is 4.98 Å². The highest BCUT2D eigenvalue weighted by atomic mass is 16.6. The summed E-state index contributed by atoms with van der Waals surface area (Å²) in [7, 11) is 0. The van der Waals surface area contributed by atoms with Gasteiger partial charge in [0.05, 0.1) is 22.8 Å². The Morgan fingerprint density at radius 3 is 2.75 bits per heavy atom. The lowest BCUT2D eigenvalue weighted by Crippen LogP contribution is -2.04. The van der Waals surface area contributed by atoms with Gasteiger partial charge in [-0.05, 0) is 18.8 Å². The topological polar surface area (TPSA) is 65.3 Å². The van der Waals surface area contributed by atoms with Crippen LogP contribution in [0.3, 0.4) is 0 Å². The zero-order chi connectivity index (χ0) is 11.7. The van der Waals surface area contributed by atoms with Crippen molar-refractivity contribution in [3.63, 3.8) is 0 Å². The highest BCUT2D eigenvalue weighted by molar-refractivity contribution is 5.40. The molecule has 1 fully saturated rings. The van der Waals surface area contributed by atoms with Gasteiger partial charge in [0.2, 0.25) is 0 Å². The first-order chi connectivity index (χ1) is 7.58. The van der Waals surface area contributed by atoms with Crippen LogP contribution in [0.1, 0.15) is 38.3 Å². The summed E-state index contributed by atoms with van der Waals surface area (Å²) in [5.41, 5.74) is 0.776. The monoisotopic (exact) mass is 222 g/mol. The van der Waals surface area contributed by atoms with Crippen molar-refractivity contribution < 1.29 is 9.66 Å². The molecule has 5 heteroatoms. The van der Waals surface area contributed by atoms with E-state index in [1.165, 1.54) is 12.3 Å². The van der Waals surface area contributed by atoms with Crippen LogP contribution in [0.5, 0.6) is 5.75 Å². The van der Waals surface area contributed by atoms with E-state index in [1.807, 2.05) is 13.8 Å².